The van der Waals surface area contributed by atoms with Crippen molar-refractivity contribution in [1.82, 2.24) is 0 Å². The lowest BCUT2D eigenvalue weighted by Crippen LogP contribution is -2.17. The summed E-state index contributed by atoms with van der Waals surface area (Å²) in [4.78, 5) is 2.44. The van der Waals surface area contributed by atoms with E-state index in [0.717, 1.165) is 11.4 Å². The number of hydrogen-bond acceptors (Lipinski definition) is 1. The van der Waals surface area contributed by atoms with Crippen LogP contribution in [-0.4, -0.2) is 0 Å². The second-order valence-electron chi connectivity index (χ2n) is 16.1. The van der Waals surface area contributed by atoms with Crippen molar-refractivity contribution in [1.29, 1.82) is 0 Å². The van der Waals surface area contributed by atoms with E-state index < -0.39 is 0 Å². The lowest BCUT2D eigenvalue weighted by atomic mass is 9.79. The summed E-state index contributed by atoms with van der Waals surface area (Å²) < 4.78 is 0. The van der Waals surface area contributed by atoms with Crippen LogP contribution in [0.3, 0.4) is 0 Å². The largest absolute Gasteiger partial charge is 0.310 e. The molecule has 0 atom stereocenters. The van der Waals surface area contributed by atoms with Gasteiger partial charge in [-0.3, -0.25) is 0 Å². The highest BCUT2D eigenvalue weighted by molar-refractivity contribution is 6.18. The summed E-state index contributed by atoms with van der Waals surface area (Å²) in [5, 5.41) is 10.6. The molecule has 2 aliphatic carbocycles. The highest BCUT2D eigenvalue weighted by Gasteiger charge is 2.40. The van der Waals surface area contributed by atoms with Crippen molar-refractivity contribution in [2.45, 2.75) is 38.5 Å². The van der Waals surface area contributed by atoms with Crippen molar-refractivity contribution in [3.63, 3.8) is 0 Å². The molecule has 53 heavy (non-hydrogen) atoms. The van der Waals surface area contributed by atoms with Gasteiger partial charge in [0, 0.05) is 27.9 Å². The fraction of sp³-hybridized carbons (Fsp3) is 0.115. The van der Waals surface area contributed by atoms with Gasteiger partial charge < -0.3 is 4.90 Å². The zero-order chi connectivity index (χ0) is 35.6. The second-order valence-corrected chi connectivity index (χ2v) is 16.1. The predicted molar refractivity (Wildman–Crippen MR) is 226 cm³/mol. The minimum Gasteiger partial charge on any atom is -0.310 e. The molecule has 0 radical (unpaired) electrons. The summed E-state index contributed by atoms with van der Waals surface area (Å²) in [6, 6.07) is 61.2. The Morgan fingerprint density at radius 3 is 1.72 bits per heavy atom. The summed E-state index contributed by atoms with van der Waals surface area (Å²) >= 11 is 0. The van der Waals surface area contributed by atoms with E-state index in [1.54, 1.807) is 0 Å². The standard InChI is InChI=1S/C52H39N/c1-51(2)45-29-23-32-14-8-9-17-37(32)47(45)44-26-22-33-30-35(24-27-38(33)49(44)51)53(34-15-6-5-7-16-34)36-25-28-43-46(31-36)52(3,4)50-42-21-13-11-19-40(42)39-18-10-12-20-41(39)48(43)50/h5-31H,1-4H3. The maximum atomic E-state index is 2.46. The monoisotopic (exact) mass is 677 g/mol. The van der Waals surface area contributed by atoms with E-state index in [1.165, 1.54) is 93.3 Å². The normalized spacial score (nSPS) is 14.7. The lowest BCUT2D eigenvalue weighted by Gasteiger charge is -2.29. The van der Waals surface area contributed by atoms with Crippen LogP contribution in [0.5, 0.6) is 0 Å². The molecule has 0 aliphatic heterocycles. The van der Waals surface area contributed by atoms with Crippen LogP contribution in [0.25, 0.3) is 65.3 Å². The van der Waals surface area contributed by atoms with Crippen LogP contribution in [0.4, 0.5) is 17.1 Å². The molecule has 0 saturated heterocycles. The summed E-state index contributed by atoms with van der Waals surface area (Å²) in [5.41, 5.74) is 14.3. The fourth-order valence-corrected chi connectivity index (χ4v) is 10.2. The molecule has 1 nitrogen and oxygen atoms in total. The molecule has 0 saturated carbocycles. The van der Waals surface area contributed by atoms with Gasteiger partial charge in [-0.1, -0.05) is 155 Å². The van der Waals surface area contributed by atoms with Crippen LogP contribution in [0.15, 0.2) is 164 Å². The number of nitrogens with zero attached hydrogens (tertiary/aromatic N) is 1. The Hall–Kier alpha value is -6.18. The molecular weight excluding hydrogens is 639 g/mol. The third-order valence-corrected chi connectivity index (χ3v) is 12.5. The molecule has 0 heterocycles. The van der Waals surface area contributed by atoms with Crippen LogP contribution in [0.1, 0.15) is 49.9 Å². The van der Waals surface area contributed by atoms with Gasteiger partial charge in [0.25, 0.3) is 0 Å². The second kappa shape index (κ2) is 10.7. The van der Waals surface area contributed by atoms with E-state index in [4.69, 9.17) is 0 Å². The molecule has 0 fully saturated rings. The molecule has 0 unspecified atom stereocenters. The molecule has 9 aromatic rings. The van der Waals surface area contributed by atoms with E-state index >= 15 is 0 Å². The Balaban J connectivity index is 1.10. The first-order valence-corrected chi connectivity index (χ1v) is 18.9. The molecule has 9 aromatic carbocycles. The number of hydrogen-bond donors (Lipinski definition) is 0. The van der Waals surface area contributed by atoms with E-state index in [0.29, 0.717) is 0 Å². The predicted octanol–water partition coefficient (Wildman–Crippen LogP) is 14.4. The summed E-state index contributed by atoms with van der Waals surface area (Å²) in [6.07, 6.45) is 0. The molecule has 0 bridgehead atoms. The van der Waals surface area contributed by atoms with Gasteiger partial charge in [0.2, 0.25) is 0 Å². The van der Waals surface area contributed by atoms with Crippen molar-refractivity contribution >= 4 is 60.2 Å². The van der Waals surface area contributed by atoms with Crippen LogP contribution in [-0.2, 0) is 10.8 Å². The molecule has 2 aliphatic rings. The first kappa shape index (κ1) is 30.4. The van der Waals surface area contributed by atoms with Gasteiger partial charge in [-0.25, -0.2) is 0 Å². The molecule has 0 spiro atoms. The van der Waals surface area contributed by atoms with Crippen LogP contribution in [0.2, 0.25) is 0 Å². The van der Waals surface area contributed by atoms with Gasteiger partial charge in [0.15, 0.2) is 0 Å². The molecule has 252 valence electrons. The third kappa shape index (κ3) is 4.08. The number of rotatable bonds is 3. The maximum Gasteiger partial charge on any atom is 0.0468 e. The van der Waals surface area contributed by atoms with Crippen LogP contribution >= 0.6 is 0 Å². The van der Waals surface area contributed by atoms with E-state index in [-0.39, 0.29) is 10.8 Å². The average molecular weight is 678 g/mol. The number of benzene rings is 9. The molecule has 0 aromatic heterocycles. The van der Waals surface area contributed by atoms with Crippen LogP contribution < -0.4 is 4.90 Å². The smallest absolute Gasteiger partial charge is 0.0468 e. The summed E-state index contributed by atoms with van der Waals surface area (Å²) in [5.74, 6) is 0. The first-order valence-electron chi connectivity index (χ1n) is 18.9. The van der Waals surface area contributed by atoms with Crippen LogP contribution in [0, 0.1) is 0 Å². The zero-order valence-corrected chi connectivity index (χ0v) is 30.5. The quantitative estimate of drug-likeness (QED) is 0.168. The Morgan fingerprint density at radius 2 is 0.925 bits per heavy atom. The van der Waals surface area contributed by atoms with Gasteiger partial charge in [-0.15, -0.1) is 0 Å². The fourth-order valence-electron chi connectivity index (χ4n) is 10.2. The highest BCUT2D eigenvalue weighted by Crippen LogP contribution is 2.57. The lowest BCUT2D eigenvalue weighted by molar-refractivity contribution is 0.666. The number of para-hydroxylation sites is 1. The van der Waals surface area contributed by atoms with Crippen molar-refractivity contribution < 1.29 is 0 Å². The molecule has 0 N–H and O–H groups in total. The topological polar surface area (TPSA) is 3.24 Å². The van der Waals surface area contributed by atoms with Gasteiger partial charge >= 0.3 is 0 Å². The maximum absolute atomic E-state index is 2.46. The van der Waals surface area contributed by atoms with Gasteiger partial charge in [-0.2, -0.15) is 0 Å². The van der Waals surface area contributed by atoms with Gasteiger partial charge in [0.1, 0.15) is 0 Å². The minimum atomic E-state index is -0.179. The molecule has 0 amide bonds. The Labute approximate surface area is 310 Å². The Kier molecular flexibility index (Phi) is 6.14. The molecule has 11 rings (SSSR count). The SMILES string of the molecule is CC1(C)c2ccc3ccccc3c2-c2ccc3cc(N(c4ccccc4)c4ccc5c(c4)C(C)(C)c4c-5c5ccccc5c5ccccc45)ccc3c21. The molecular formula is C52H39N. The first-order chi connectivity index (χ1) is 25.8. The van der Waals surface area contributed by atoms with E-state index in [1.807, 2.05) is 0 Å². The van der Waals surface area contributed by atoms with Crippen molar-refractivity contribution in [3.8, 4) is 22.3 Å². The van der Waals surface area contributed by atoms with E-state index in [2.05, 4.69) is 196 Å². The summed E-state index contributed by atoms with van der Waals surface area (Å²) in [7, 11) is 0. The van der Waals surface area contributed by atoms with E-state index in [9.17, 15) is 0 Å². The highest BCUT2D eigenvalue weighted by atomic mass is 15.1. The number of fused-ring (bicyclic) bond motifs is 15. The van der Waals surface area contributed by atoms with Gasteiger partial charge in [-0.05, 0) is 124 Å². The van der Waals surface area contributed by atoms with Crippen molar-refractivity contribution in [2.24, 2.45) is 0 Å². The Morgan fingerprint density at radius 1 is 0.340 bits per heavy atom. The summed E-state index contributed by atoms with van der Waals surface area (Å²) in [6.45, 7) is 9.61. The minimum absolute atomic E-state index is 0.107. The molecule has 1 heteroatoms. The Bertz CT molecular complexity index is 3000. The van der Waals surface area contributed by atoms with Crippen molar-refractivity contribution in [3.05, 3.63) is 186 Å². The van der Waals surface area contributed by atoms with Gasteiger partial charge in [0.05, 0.1) is 0 Å². The average Bonchev–Trinajstić information content (AvgIpc) is 3.58. The number of anilines is 3. The zero-order valence-electron chi connectivity index (χ0n) is 30.5. The third-order valence-electron chi connectivity index (χ3n) is 12.5. The van der Waals surface area contributed by atoms with Crippen molar-refractivity contribution in [2.75, 3.05) is 4.90 Å².